The monoisotopic (exact) mass is 443 g/mol. The van der Waals surface area contributed by atoms with Crippen molar-refractivity contribution in [3.8, 4) is 22.6 Å². The molecule has 1 aromatic heterocycles. The van der Waals surface area contributed by atoms with Crippen molar-refractivity contribution in [3.05, 3.63) is 64.7 Å². The summed E-state index contributed by atoms with van der Waals surface area (Å²) in [6.45, 7) is 0. The summed E-state index contributed by atoms with van der Waals surface area (Å²) < 4.78 is 5.38. The van der Waals surface area contributed by atoms with Gasteiger partial charge in [-0.1, -0.05) is 57.4 Å². The molecule has 3 aromatic rings. The van der Waals surface area contributed by atoms with Crippen molar-refractivity contribution in [2.75, 3.05) is 0 Å². The predicted molar refractivity (Wildman–Crippen MR) is 112 cm³/mol. The molecule has 6 N–H and O–H groups in total. The van der Waals surface area contributed by atoms with Crippen LogP contribution in [0.2, 0.25) is 5.02 Å². The van der Waals surface area contributed by atoms with Gasteiger partial charge in [0.1, 0.15) is 5.69 Å². The van der Waals surface area contributed by atoms with E-state index >= 15 is 0 Å². The quantitative estimate of drug-likeness (QED) is 0.209. The Bertz CT molecular complexity index is 1000. The SMILES string of the molecule is Cl.Cl.N/C(=N\O)c1ccc(-c2cc(-c3ccc(/C(N)=N/O)cc3Cl)on2)cc1. The number of halogens is 3. The molecule has 0 saturated carbocycles. The van der Waals surface area contributed by atoms with Crippen LogP contribution in [0.3, 0.4) is 0 Å². The summed E-state index contributed by atoms with van der Waals surface area (Å²) in [5.74, 6) is 0.453. The Hall–Kier alpha value is -2.94. The van der Waals surface area contributed by atoms with Crippen molar-refractivity contribution in [2.45, 2.75) is 0 Å². The van der Waals surface area contributed by atoms with Gasteiger partial charge in [-0.15, -0.1) is 24.8 Å². The first-order valence-corrected chi connectivity index (χ1v) is 7.74. The molecule has 0 amide bonds. The smallest absolute Gasteiger partial charge is 0.170 e. The number of amidine groups is 2. The lowest BCUT2D eigenvalue weighted by atomic mass is 10.1. The minimum Gasteiger partial charge on any atom is -0.409 e. The molecule has 8 nitrogen and oxygen atoms in total. The number of benzene rings is 2. The maximum Gasteiger partial charge on any atom is 0.170 e. The normalized spacial score (nSPS) is 11.5. The van der Waals surface area contributed by atoms with Crippen molar-refractivity contribution >= 4 is 48.1 Å². The van der Waals surface area contributed by atoms with Gasteiger partial charge in [0, 0.05) is 28.3 Å². The number of nitrogens with zero attached hydrogens (tertiary/aromatic N) is 3. The maximum absolute atomic E-state index is 8.73. The zero-order valence-corrected chi connectivity index (χ0v) is 16.5. The van der Waals surface area contributed by atoms with Gasteiger partial charge >= 0.3 is 0 Å². The minimum atomic E-state index is -0.0394. The standard InChI is InChI=1S/C17H14ClN5O3.2ClH/c18-13-7-11(17(20)22-25)5-6-12(13)15-8-14(23-26-15)9-1-3-10(4-2-9)16(19)21-24;;/h1-8,24-25H,(H2,19,21)(H2,20,22);2*1H. The van der Waals surface area contributed by atoms with Gasteiger partial charge in [0.15, 0.2) is 17.4 Å². The fourth-order valence-corrected chi connectivity index (χ4v) is 2.61. The van der Waals surface area contributed by atoms with Gasteiger partial charge in [-0.2, -0.15) is 0 Å². The number of aromatic nitrogens is 1. The van der Waals surface area contributed by atoms with Gasteiger partial charge in [-0.05, 0) is 12.1 Å². The van der Waals surface area contributed by atoms with Crippen LogP contribution in [0.25, 0.3) is 22.6 Å². The fourth-order valence-electron chi connectivity index (χ4n) is 2.34. The summed E-state index contributed by atoms with van der Waals surface area (Å²) in [7, 11) is 0. The van der Waals surface area contributed by atoms with Crippen LogP contribution in [-0.2, 0) is 0 Å². The predicted octanol–water partition coefficient (Wildman–Crippen LogP) is 3.69. The first-order chi connectivity index (χ1) is 12.5. The van der Waals surface area contributed by atoms with Gasteiger partial charge in [0.25, 0.3) is 0 Å². The van der Waals surface area contributed by atoms with Gasteiger partial charge in [-0.3, -0.25) is 0 Å². The van der Waals surface area contributed by atoms with E-state index in [2.05, 4.69) is 15.5 Å². The summed E-state index contributed by atoms with van der Waals surface area (Å²) in [5.41, 5.74) is 14.2. The molecule has 0 fully saturated rings. The molecular weight excluding hydrogens is 429 g/mol. The van der Waals surface area contributed by atoms with E-state index < -0.39 is 0 Å². The summed E-state index contributed by atoms with van der Waals surface area (Å²) in [5, 5.41) is 27.7. The first kappa shape index (κ1) is 23.1. The Morgan fingerprint density at radius 3 is 2.04 bits per heavy atom. The van der Waals surface area contributed by atoms with Crippen LogP contribution in [0.5, 0.6) is 0 Å². The maximum atomic E-state index is 8.73. The van der Waals surface area contributed by atoms with E-state index in [4.69, 9.17) is 38.0 Å². The first-order valence-electron chi connectivity index (χ1n) is 7.36. The number of nitrogens with two attached hydrogens (primary N) is 2. The highest BCUT2D eigenvalue weighted by molar-refractivity contribution is 6.33. The molecule has 0 spiro atoms. The molecule has 3 rings (SSSR count). The summed E-state index contributed by atoms with van der Waals surface area (Å²) in [4.78, 5) is 0. The topological polar surface area (TPSA) is 143 Å². The second kappa shape index (κ2) is 9.84. The van der Waals surface area contributed by atoms with Crippen LogP contribution in [0.15, 0.2) is 63.4 Å². The van der Waals surface area contributed by atoms with Crippen molar-refractivity contribution in [1.82, 2.24) is 5.16 Å². The number of rotatable bonds is 4. The Labute approximate surface area is 177 Å². The molecule has 0 aliphatic heterocycles. The third kappa shape index (κ3) is 4.66. The van der Waals surface area contributed by atoms with Crippen molar-refractivity contribution in [1.29, 1.82) is 0 Å². The Kier molecular flexibility index (Phi) is 8.12. The summed E-state index contributed by atoms with van der Waals surface area (Å²) >= 11 is 6.26. The van der Waals surface area contributed by atoms with Gasteiger partial charge in [0.2, 0.25) is 0 Å². The molecular formula is C17H16Cl3N5O3. The van der Waals surface area contributed by atoms with E-state index in [1.54, 1.807) is 48.5 Å². The second-order valence-corrected chi connectivity index (χ2v) is 5.73. The molecule has 0 aliphatic rings. The molecule has 0 saturated heterocycles. The average molecular weight is 445 g/mol. The molecule has 2 aromatic carbocycles. The number of hydrogen-bond donors (Lipinski definition) is 4. The molecule has 0 radical (unpaired) electrons. The lowest BCUT2D eigenvalue weighted by molar-refractivity contribution is 0.318. The van der Waals surface area contributed by atoms with Crippen molar-refractivity contribution in [3.63, 3.8) is 0 Å². The molecule has 0 unspecified atom stereocenters. The lowest BCUT2D eigenvalue weighted by Crippen LogP contribution is -2.12. The van der Waals surface area contributed by atoms with Gasteiger partial charge in [-0.25, -0.2) is 0 Å². The van der Waals surface area contributed by atoms with E-state index in [-0.39, 0.29) is 36.5 Å². The summed E-state index contributed by atoms with van der Waals surface area (Å²) in [6, 6.07) is 13.6. The Morgan fingerprint density at radius 2 is 1.46 bits per heavy atom. The van der Waals surface area contributed by atoms with Crippen LogP contribution in [-0.4, -0.2) is 27.2 Å². The van der Waals surface area contributed by atoms with Gasteiger partial charge < -0.3 is 26.4 Å². The van der Waals surface area contributed by atoms with E-state index in [0.717, 1.165) is 5.56 Å². The minimum absolute atomic E-state index is 0. The highest BCUT2D eigenvalue weighted by Crippen LogP contribution is 2.31. The summed E-state index contributed by atoms with van der Waals surface area (Å²) in [6.07, 6.45) is 0. The molecule has 0 atom stereocenters. The highest BCUT2D eigenvalue weighted by Gasteiger charge is 2.13. The molecule has 0 aliphatic carbocycles. The van der Waals surface area contributed by atoms with Crippen LogP contribution < -0.4 is 11.5 Å². The Morgan fingerprint density at radius 1 is 0.893 bits per heavy atom. The average Bonchev–Trinajstić information content (AvgIpc) is 3.16. The lowest BCUT2D eigenvalue weighted by Gasteiger charge is -2.03. The Balaban J connectivity index is 0.00000196. The van der Waals surface area contributed by atoms with E-state index in [0.29, 0.717) is 33.2 Å². The molecule has 0 bridgehead atoms. The van der Waals surface area contributed by atoms with E-state index in [9.17, 15) is 0 Å². The number of hydrogen-bond acceptors (Lipinski definition) is 6. The fraction of sp³-hybridized carbons (Fsp3) is 0. The highest BCUT2D eigenvalue weighted by atomic mass is 35.5. The second-order valence-electron chi connectivity index (χ2n) is 5.32. The third-order valence-corrected chi connectivity index (χ3v) is 4.05. The van der Waals surface area contributed by atoms with E-state index in [1.807, 2.05) is 0 Å². The number of oxime groups is 2. The van der Waals surface area contributed by atoms with Crippen LogP contribution in [0.1, 0.15) is 11.1 Å². The molecule has 148 valence electrons. The molecule has 28 heavy (non-hydrogen) atoms. The van der Waals surface area contributed by atoms with Crippen LogP contribution in [0.4, 0.5) is 0 Å². The zero-order chi connectivity index (χ0) is 18.7. The largest absolute Gasteiger partial charge is 0.409 e. The van der Waals surface area contributed by atoms with Gasteiger partial charge in [0.05, 0.1) is 5.02 Å². The van der Waals surface area contributed by atoms with Crippen molar-refractivity contribution < 1.29 is 14.9 Å². The molecule has 11 heteroatoms. The van der Waals surface area contributed by atoms with Crippen LogP contribution in [0, 0.1) is 0 Å². The zero-order valence-electron chi connectivity index (χ0n) is 14.1. The third-order valence-electron chi connectivity index (χ3n) is 3.73. The van der Waals surface area contributed by atoms with E-state index in [1.165, 1.54) is 0 Å². The van der Waals surface area contributed by atoms with Crippen LogP contribution >= 0.6 is 36.4 Å². The molecule has 1 heterocycles. The van der Waals surface area contributed by atoms with Crippen molar-refractivity contribution in [2.24, 2.45) is 21.8 Å².